The van der Waals surface area contributed by atoms with Crippen molar-refractivity contribution in [1.29, 1.82) is 0 Å². The van der Waals surface area contributed by atoms with Crippen LogP contribution in [0.3, 0.4) is 0 Å². The number of carbonyl (C=O) groups excluding carboxylic acids is 2. The Morgan fingerprint density at radius 2 is 1.32 bits per heavy atom. The molecule has 0 aliphatic heterocycles. The van der Waals surface area contributed by atoms with Crippen LogP contribution in [0.5, 0.6) is 0 Å². The smallest absolute Gasteiger partial charge is 0.309 e. The molecule has 0 radical (unpaired) electrons. The molecule has 0 aromatic carbocycles. The SMILES string of the molecule is CC(CC(=O)OCC(C)(C)C)C(=O)OCC(C)(C)C. The Morgan fingerprint density at radius 1 is 0.895 bits per heavy atom. The normalized spacial score (nSPS) is 13.8. The molecule has 1 unspecified atom stereocenters. The maximum Gasteiger partial charge on any atom is 0.309 e. The van der Waals surface area contributed by atoms with Gasteiger partial charge in [-0.05, 0) is 10.8 Å². The molecule has 0 heterocycles. The first-order valence-corrected chi connectivity index (χ1v) is 6.73. The highest BCUT2D eigenvalue weighted by molar-refractivity contribution is 5.79. The summed E-state index contributed by atoms with van der Waals surface area (Å²) in [6.07, 6.45) is 0.0685. The molecule has 4 nitrogen and oxygen atoms in total. The second-order valence-electron chi connectivity index (χ2n) is 7.49. The first-order valence-electron chi connectivity index (χ1n) is 6.73. The zero-order chi connectivity index (χ0) is 15.3. The molecule has 0 spiro atoms. The highest BCUT2D eigenvalue weighted by atomic mass is 16.5. The van der Waals surface area contributed by atoms with Crippen LogP contribution in [0, 0.1) is 16.7 Å². The minimum absolute atomic E-state index is 0.0638. The highest BCUT2D eigenvalue weighted by Crippen LogP contribution is 2.16. The first kappa shape index (κ1) is 17.9. The minimum Gasteiger partial charge on any atom is -0.465 e. The van der Waals surface area contributed by atoms with Crippen molar-refractivity contribution in [1.82, 2.24) is 0 Å². The number of hydrogen-bond acceptors (Lipinski definition) is 4. The van der Waals surface area contributed by atoms with Crippen molar-refractivity contribution in [2.24, 2.45) is 16.7 Å². The van der Waals surface area contributed by atoms with Crippen molar-refractivity contribution in [2.45, 2.75) is 54.9 Å². The van der Waals surface area contributed by atoms with E-state index in [0.29, 0.717) is 13.2 Å². The second-order valence-corrected chi connectivity index (χ2v) is 7.49. The van der Waals surface area contributed by atoms with Crippen LogP contribution in [0.2, 0.25) is 0 Å². The van der Waals surface area contributed by atoms with Gasteiger partial charge in [0.15, 0.2) is 0 Å². The van der Waals surface area contributed by atoms with E-state index in [0.717, 1.165) is 0 Å². The molecule has 112 valence electrons. The zero-order valence-corrected chi connectivity index (χ0v) is 13.3. The van der Waals surface area contributed by atoms with Gasteiger partial charge in [-0.3, -0.25) is 9.59 Å². The summed E-state index contributed by atoms with van der Waals surface area (Å²) in [5, 5.41) is 0. The molecule has 0 rings (SSSR count). The molecule has 0 bridgehead atoms. The molecule has 0 fully saturated rings. The average Bonchev–Trinajstić information content (AvgIpc) is 2.21. The second kappa shape index (κ2) is 6.92. The molecule has 0 aliphatic rings. The lowest BCUT2D eigenvalue weighted by Gasteiger charge is -2.20. The van der Waals surface area contributed by atoms with Crippen molar-refractivity contribution in [3.05, 3.63) is 0 Å². The molecule has 0 saturated carbocycles. The van der Waals surface area contributed by atoms with Crippen LogP contribution in [0.25, 0.3) is 0 Å². The first-order chi connectivity index (χ1) is 8.41. The third kappa shape index (κ3) is 10.5. The van der Waals surface area contributed by atoms with Gasteiger partial charge in [-0.25, -0.2) is 0 Å². The maximum absolute atomic E-state index is 11.7. The molecule has 0 amide bonds. The van der Waals surface area contributed by atoms with E-state index in [1.807, 2.05) is 41.5 Å². The Morgan fingerprint density at radius 3 is 1.74 bits per heavy atom. The standard InChI is InChI=1S/C15H28O4/c1-11(13(17)19-10-15(5,6)7)8-12(16)18-9-14(2,3)4/h11H,8-10H2,1-7H3. The van der Waals surface area contributed by atoms with Gasteiger partial charge < -0.3 is 9.47 Å². The number of ether oxygens (including phenoxy) is 2. The topological polar surface area (TPSA) is 52.6 Å². The van der Waals surface area contributed by atoms with Gasteiger partial charge in [0.1, 0.15) is 0 Å². The van der Waals surface area contributed by atoms with Gasteiger partial charge >= 0.3 is 11.9 Å². The minimum atomic E-state index is -0.463. The summed E-state index contributed by atoms with van der Waals surface area (Å²) in [4.78, 5) is 23.3. The van der Waals surface area contributed by atoms with E-state index >= 15 is 0 Å². The van der Waals surface area contributed by atoms with E-state index in [1.165, 1.54) is 0 Å². The molecule has 19 heavy (non-hydrogen) atoms. The molecular formula is C15H28O4. The van der Waals surface area contributed by atoms with Gasteiger partial charge in [0, 0.05) is 0 Å². The van der Waals surface area contributed by atoms with Gasteiger partial charge in [0.2, 0.25) is 0 Å². The number of esters is 2. The predicted octanol–water partition coefficient (Wildman–Crippen LogP) is 3.19. The summed E-state index contributed by atoms with van der Waals surface area (Å²) in [6.45, 7) is 14.3. The van der Waals surface area contributed by atoms with Crippen LogP contribution in [0.4, 0.5) is 0 Å². The molecule has 4 heteroatoms. The lowest BCUT2D eigenvalue weighted by Crippen LogP contribution is -2.25. The van der Waals surface area contributed by atoms with Crippen LogP contribution < -0.4 is 0 Å². The van der Waals surface area contributed by atoms with Gasteiger partial charge in [-0.1, -0.05) is 48.5 Å². The Labute approximate surface area is 116 Å². The fourth-order valence-corrected chi connectivity index (χ4v) is 1.12. The van der Waals surface area contributed by atoms with Crippen molar-refractivity contribution < 1.29 is 19.1 Å². The highest BCUT2D eigenvalue weighted by Gasteiger charge is 2.22. The lowest BCUT2D eigenvalue weighted by molar-refractivity contribution is -0.157. The fraction of sp³-hybridized carbons (Fsp3) is 0.867. The van der Waals surface area contributed by atoms with Gasteiger partial charge in [-0.2, -0.15) is 0 Å². The van der Waals surface area contributed by atoms with Crippen molar-refractivity contribution in [2.75, 3.05) is 13.2 Å². The van der Waals surface area contributed by atoms with E-state index < -0.39 is 5.92 Å². The van der Waals surface area contributed by atoms with E-state index in [2.05, 4.69) is 0 Å². The van der Waals surface area contributed by atoms with Crippen molar-refractivity contribution >= 4 is 11.9 Å². The summed E-state index contributed by atoms with van der Waals surface area (Å²) in [5.74, 6) is -1.16. The summed E-state index contributed by atoms with van der Waals surface area (Å²) in [5.41, 5.74) is -0.131. The predicted molar refractivity (Wildman–Crippen MR) is 74.6 cm³/mol. The summed E-state index contributed by atoms with van der Waals surface area (Å²) < 4.78 is 10.3. The zero-order valence-electron chi connectivity index (χ0n) is 13.3. The van der Waals surface area contributed by atoms with Crippen molar-refractivity contribution in [3.63, 3.8) is 0 Å². The molecular weight excluding hydrogens is 244 g/mol. The molecule has 0 saturated heterocycles. The molecule has 0 aromatic rings. The van der Waals surface area contributed by atoms with Crippen LogP contribution >= 0.6 is 0 Å². The van der Waals surface area contributed by atoms with Gasteiger partial charge in [0.05, 0.1) is 25.6 Å². The third-order valence-corrected chi connectivity index (χ3v) is 2.19. The van der Waals surface area contributed by atoms with Gasteiger partial charge in [0.25, 0.3) is 0 Å². The molecule has 1 atom stereocenters. The van der Waals surface area contributed by atoms with E-state index in [9.17, 15) is 9.59 Å². The lowest BCUT2D eigenvalue weighted by atomic mass is 9.98. The van der Waals surface area contributed by atoms with E-state index in [-0.39, 0.29) is 29.2 Å². The maximum atomic E-state index is 11.7. The summed E-state index contributed by atoms with van der Waals surface area (Å²) >= 11 is 0. The Bertz CT molecular complexity index is 307. The van der Waals surface area contributed by atoms with Crippen LogP contribution in [-0.4, -0.2) is 25.2 Å². The van der Waals surface area contributed by atoms with E-state index in [1.54, 1.807) is 6.92 Å². The Hall–Kier alpha value is -1.06. The summed E-state index contributed by atoms with van der Waals surface area (Å²) in [6, 6.07) is 0. The van der Waals surface area contributed by atoms with E-state index in [4.69, 9.17) is 9.47 Å². The van der Waals surface area contributed by atoms with Gasteiger partial charge in [-0.15, -0.1) is 0 Å². The van der Waals surface area contributed by atoms with Crippen LogP contribution in [-0.2, 0) is 19.1 Å². The number of rotatable bonds is 5. The largest absolute Gasteiger partial charge is 0.465 e. The number of hydrogen-bond donors (Lipinski definition) is 0. The molecule has 0 N–H and O–H groups in total. The Balaban J connectivity index is 4.05. The third-order valence-electron chi connectivity index (χ3n) is 2.19. The molecule has 0 aliphatic carbocycles. The van der Waals surface area contributed by atoms with Crippen LogP contribution in [0.15, 0.2) is 0 Å². The summed E-state index contributed by atoms with van der Waals surface area (Å²) in [7, 11) is 0. The monoisotopic (exact) mass is 272 g/mol. The molecule has 0 aromatic heterocycles. The van der Waals surface area contributed by atoms with Crippen molar-refractivity contribution in [3.8, 4) is 0 Å². The van der Waals surface area contributed by atoms with Crippen LogP contribution in [0.1, 0.15) is 54.9 Å². The quantitative estimate of drug-likeness (QED) is 0.721. The Kier molecular flexibility index (Phi) is 6.53. The number of carbonyl (C=O) groups is 2. The average molecular weight is 272 g/mol. The fourth-order valence-electron chi connectivity index (χ4n) is 1.12.